The number of carbonyl (C=O) groups excluding carboxylic acids is 1. The summed E-state index contributed by atoms with van der Waals surface area (Å²) >= 11 is 0. The first-order valence-corrected chi connectivity index (χ1v) is 8.09. The van der Waals surface area contributed by atoms with E-state index in [1.54, 1.807) is 18.3 Å². The van der Waals surface area contributed by atoms with Gasteiger partial charge in [-0.15, -0.1) is 10.2 Å². The molecule has 6 nitrogen and oxygen atoms in total. The monoisotopic (exact) mass is 311 g/mol. The largest absolute Gasteiger partial charge is 0.363 e. The lowest BCUT2D eigenvalue weighted by Gasteiger charge is -2.22. The van der Waals surface area contributed by atoms with Crippen LogP contribution in [0.5, 0.6) is 0 Å². The molecule has 0 aliphatic heterocycles. The van der Waals surface area contributed by atoms with Gasteiger partial charge in [-0.25, -0.2) is 0 Å². The zero-order valence-corrected chi connectivity index (χ0v) is 13.0. The van der Waals surface area contributed by atoms with E-state index in [0.717, 1.165) is 18.5 Å². The van der Waals surface area contributed by atoms with E-state index >= 15 is 0 Å². The summed E-state index contributed by atoms with van der Waals surface area (Å²) < 4.78 is 0. The number of pyridine rings is 1. The summed E-state index contributed by atoms with van der Waals surface area (Å²) in [5, 5.41) is 14.3. The van der Waals surface area contributed by atoms with Crippen molar-refractivity contribution in [3.05, 3.63) is 47.9 Å². The number of anilines is 1. The topological polar surface area (TPSA) is 79.8 Å². The Morgan fingerprint density at radius 3 is 2.65 bits per heavy atom. The molecule has 3 rings (SSSR count). The molecule has 2 heterocycles. The Hall–Kier alpha value is -2.50. The Morgan fingerprint density at radius 2 is 1.96 bits per heavy atom. The first-order chi connectivity index (χ1) is 11.3. The second-order valence-electron chi connectivity index (χ2n) is 5.79. The van der Waals surface area contributed by atoms with Crippen LogP contribution in [0.3, 0.4) is 0 Å². The molecule has 1 saturated carbocycles. The van der Waals surface area contributed by atoms with Gasteiger partial charge in [-0.3, -0.25) is 9.78 Å². The van der Waals surface area contributed by atoms with Crippen molar-refractivity contribution in [2.24, 2.45) is 0 Å². The number of hydrogen-bond acceptors (Lipinski definition) is 5. The molecule has 2 N–H and O–H groups in total. The average Bonchev–Trinajstić information content (AvgIpc) is 2.62. The second-order valence-corrected chi connectivity index (χ2v) is 5.79. The standard InChI is InChI=1S/C17H21N5O/c23-17(20-13-6-2-1-3-7-13)15-9-10-16(22-21-15)19-12-14-8-4-5-11-18-14/h4-5,8-11,13H,1-3,6-7,12H2,(H,19,22)(H,20,23). The van der Waals surface area contributed by atoms with Gasteiger partial charge in [-0.05, 0) is 37.1 Å². The Balaban J connectivity index is 1.52. The van der Waals surface area contributed by atoms with Gasteiger partial charge in [-0.1, -0.05) is 25.3 Å². The molecule has 0 radical (unpaired) electrons. The highest BCUT2D eigenvalue weighted by Gasteiger charge is 2.17. The van der Waals surface area contributed by atoms with E-state index < -0.39 is 0 Å². The van der Waals surface area contributed by atoms with Crippen molar-refractivity contribution >= 4 is 11.7 Å². The highest BCUT2D eigenvalue weighted by atomic mass is 16.2. The van der Waals surface area contributed by atoms with E-state index in [9.17, 15) is 4.79 Å². The zero-order chi connectivity index (χ0) is 15.9. The van der Waals surface area contributed by atoms with Gasteiger partial charge in [0.15, 0.2) is 5.69 Å². The molecule has 120 valence electrons. The minimum atomic E-state index is -0.138. The van der Waals surface area contributed by atoms with Gasteiger partial charge in [0, 0.05) is 12.2 Å². The smallest absolute Gasteiger partial charge is 0.272 e. The molecular formula is C17H21N5O. The van der Waals surface area contributed by atoms with Gasteiger partial charge in [0.25, 0.3) is 5.91 Å². The lowest BCUT2D eigenvalue weighted by molar-refractivity contribution is 0.0921. The van der Waals surface area contributed by atoms with Crippen LogP contribution >= 0.6 is 0 Å². The predicted molar refractivity (Wildman–Crippen MR) is 87.9 cm³/mol. The van der Waals surface area contributed by atoms with Gasteiger partial charge < -0.3 is 10.6 Å². The van der Waals surface area contributed by atoms with Crippen molar-refractivity contribution in [1.29, 1.82) is 0 Å². The van der Waals surface area contributed by atoms with Crippen molar-refractivity contribution in [1.82, 2.24) is 20.5 Å². The number of nitrogens with one attached hydrogen (secondary N) is 2. The molecular weight excluding hydrogens is 290 g/mol. The van der Waals surface area contributed by atoms with Gasteiger partial charge >= 0.3 is 0 Å². The van der Waals surface area contributed by atoms with Crippen molar-refractivity contribution in [2.45, 2.75) is 44.7 Å². The summed E-state index contributed by atoms with van der Waals surface area (Å²) in [5.74, 6) is 0.491. The minimum absolute atomic E-state index is 0.138. The quantitative estimate of drug-likeness (QED) is 0.887. The fraction of sp³-hybridized carbons (Fsp3) is 0.412. The van der Waals surface area contributed by atoms with Crippen molar-refractivity contribution in [3.63, 3.8) is 0 Å². The van der Waals surface area contributed by atoms with Crippen molar-refractivity contribution in [2.75, 3.05) is 5.32 Å². The third-order valence-corrected chi connectivity index (χ3v) is 4.01. The first kappa shape index (κ1) is 15.4. The summed E-state index contributed by atoms with van der Waals surface area (Å²) in [6.07, 6.45) is 7.51. The average molecular weight is 311 g/mol. The Labute approximate surface area is 135 Å². The van der Waals surface area contributed by atoms with Crippen LogP contribution in [0.4, 0.5) is 5.82 Å². The molecule has 1 aliphatic rings. The molecule has 23 heavy (non-hydrogen) atoms. The van der Waals surface area contributed by atoms with Crippen LogP contribution in [0.2, 0.25) is 0 Å². The molecule has 2 aromatic heterocycles. The molecule has 0 unspecified atom stereocenters. The highest BCUT2D eigenvalue weighted by molar-refractivity contribution is 5.92. The maximum atomic E-state index is 12.2. The molecule has 6 heteroatoms. The normalized spacial score (nSPS) is 15.1. The number of hydrogen-bond donors (Lipinski definition) is 2. The fourth-order valence-electron chi connectivity index (χ4n) is 2.74. The first-order valence-electron chi connectivity index (χ1n) is 8.09. The molecule has 0 spiro atoms. The predicted octanol–water partition coefficient (Wildman–Crippen LogP) is 2.55. The van der Waals surface area contributed by atoms with E-state index in [1.807, 2.05) is 18.2 Å². The van der Waals surface area contributed by atoms with Crippen molar-refractivity contribution in [3.8, 4) is 0 Å². The molecule has 0 saturated heterocycles. The molecule has 0 bridgehead atoms. The SMILES string of the molecule is O=C(NC1CCCCC1)c1ccc(NCc2ccccn2)nn1. The summed E-state index contributed by atoms with van der Waals surface area (Å²) in [6.45, 7) is 0.573. The van der Waals surface area contributed by atoms with E-state index in [0.29, 0.717) is 18.1 Å². The van der Waals surface area contributed by atoms with Crippen molar-refractivity contribution < 1.29 is 4.79 Å². The number of rotatable bonds is 5. The van der Waals surface area contributed by atoms with E-state index in [-0.39, 0.29) is 11.9 Å². The maximum absolute atomic E-state index is 12.2. The van der Waals surface area contributed by atoms with Crippen LogP contribution in [0.25, 0.3) is 0 Å². The highest BCUT2D eigenvalue weighted by Crippen LogP contribution is 2.17. The number of nitrogens with zero attached hydrogens (tertiary/aromatic N) is 3. The summed E-state index contributed by atoms with van der Waals surface area (Å²) in [5.41, 5.74) is 1.28. The second kappa shape index (κ2) is 7.67. The Bertz CT molecular complexity index is 623. The lowest BCUT2D eigenvalue weighted by Crippen LogP contribution is -2.36. The van der Waals surface area contributed by atoms with Crippen LogP contribution < -0.4 is 10.6 Å². The number of amides is 1. The molecule has 1 fully saturated rings. The van der Waals surface area contributed by atoms with Crippen LogP contribution in [0, 0.1) is 0 Å². The zero-order valence-electron chi connectivity index (χ0n) is 13.0. The summed E-state index contributed by atoms with van der Waals surface area (Å²) in [4.78, 5) is 16.4. The van der Waals surface area contributed by atoms with E-state index in [1.165, 1.54) is 19.3 Å². The molecule has 1 amide bonds. The van der Waals surface area contributed by atoms with Gasteiger partial charge in [0.1, 0.15) is 5.82 Å². The third-order valence-electron chi connectivity index (χ3n) is 4.01. The third kappa shape index (κ3) is 4.48. The Kier molecular flexibility index (Phi) is 5.13. The number of carbonyl (C=O) groups is 1. The fourth-order valence-corrected chi connectivity index (χ4v) is 2.74. The van der Waals surface area contributed by atoms with Crippen LogP contribution in [-0.4, -0.2) is 27.1 Å². The van der Waals surface area contributed by atoms with Gasteiger partial charge in [0.2, 0.25) is 0 Å². The minimum Gasteiger partial charge on any atom is -0.363 e. The van der Waals surface area contributed by atoms with E-state index in [2.05, 4.69) is 25.8 Å². The van der Waals surface area contributed by atoms with Crippen LogP contribution in [0.15, 0.2) is 36.5 Å². The van der Waals surface area contributed by atoms with E-state index in [4.69, 9.17) is 0 Å². The number of aromatic nitrogens is 3. The molecule has 2 aromatic rings. The summed E-state index contributed by atoms with van der Waals surface area (Å²) in [6, 6.07) is 9.50. The van der Waals surface area contributed by atoms with Gasteiger partial charge in [-0.2, -0.15) is 0 Å². The lowest BCUT2D eigenvalue weighted by atomic mass is 9.95. The summed E-state index contributed by atoms with van der Waals surface area (Å²) in [7, 11) is 0. The van der Waals surface area contributed by atoms with Crippen LogP contribution in [0.1, 0.15) is 48.3 Å². The molecule has 0 aromatic carbocycles. The van der Waals surface area contributed by atoms with Gasteiger partial charge in [0.05, 0.1) is 12.2 Å². The van der Waals surface area contributed by atoms with Crippen LogP contribution in [-0.2, 0) is 6.54 Å². The molecule has 0 atom stereocenters. The molecule has 1 aliphatic carbocycles. The maximum Gasteiger partial charge on any atom is 0.272 e. The Morgan fingerprint density at radius 1 is 1.09 bits per heavy atom.